The summed E-state index contributed by atoms with van der Waals surface area (Å²) in [6.07, 6.45) is 2.00. The first-order chi connectivity index (χ1) is 17.0. The minimum Gasteiger partial charge on any atom is -0.325 e. The summed E-state index contributed by atoms with van der Waals surface area (Å²) >= 11 is 6.13. The number of amides is 2. The predicted octanol–water partition coefficient (Wildman–Crippen LogP) is 6.92. The van der Waals surface area contributed by atoms with Crippen LogP contribution in [-0.4, -0.2) is 33.8 Å². The fourth-order valence-corrected chi connectivity index (χ4v) is 6.90. The fourth-order valence-electron chi connectivity index (χ4n) is 3.46. The number of carbonyl (C=O) groups is 2. The zero-order chi connectivity index (χ0) is 24.4. The summed E-state index contributed by atoms with van der Waals surface area (Å²) in [7, 11) is 0. The van der Waals surface area contributed by atoms with Crippen LogP contribution in [0.15, 0.2) is 69.3 Å². The van der Waals surface area contributed by atoms with Crippen LogP contribution in [0.2, 0.25) is 0 Å². The molecule has 176 valence electrons. The third-order valence-corrected chi connectivity index (χ3v) is 9.33. The van der Waals surface area contributed by atoms with Crippen molar-refractivity contribution in [1.29, 1.82) is 0 Å². The topological polar surface area (TPSA) is 84.0 Å². The SMILES string of the molecule is CSc1nc2ccc(NC(=O)CSc3nc4ccc(NC(=O)c5ccccc5C)cc4s3)cc2s1. The zero-order valence-electron chi connectivity index (χ0n) is 18.8. The molecule has 2 aromatic heterocycles. The first-order valence-corrected chi connectivity index (χ1v) is 14.5. The number of thioether (sulfide) groups is 2. The van der Waals surface area contributed by atoms with Crippen LogP contribution in [0.3, 0.4) is 0 Å². The first-order valence-electron chi connectivity index (χ1n) is 10.6. The minimum atomic E-state index is -0.139. The summed E-state index contributed by atoms with van der Waals surface area (Å²) in [6, 6.07) is 18.9. The monoisotopic (exact) mass is 536 g/mol. The van der Waals surface area contributed by atoms with Gasteiger partial charge in [-0.25, -0.2) is 9.97 Å². The van der Waals surface area contributed by atoms with Gasteiger partial charge in [0.25, 0.3) is 5.91 Å². The Labute approximate surface area is 218 Å². The van der Waals surface area contributed by atoms with Gasteiger partial charge in [0.15, 0.2) is 8.68 Å². The van der Waals surface area contributed by atoms with Crippen LogP contribution in [0.5, 0.6) is 0 Å². The number of thiazole rings is 2. The van der Waals surface area contributed by atoms with Gasteiger partial charge in [-0.05, 0) is 61.2 Å². The lowest BCUT2D eigenvalue weighted by molar-refractivity contribution is -0.113. The molecule has 0 aliphatic heterocycles. The van der Waals surface area contributed by atoms with E-state index in [0.717, 1.165) is 40.4 Å². The van der Waals surface area contributed by atoms with E-state index in [1.54, 1.807) is 23.1 Å². The number of nitrogens with one attached hydrogen (secondary N) is 2. The summed E-state index contributed by atoms with van der Waals surface area (Å²) in [4.78, 5) is 34.3. The average Bonchev–Trinajstić information content (AvgIpc) is 3.45. The predicted molar refractivity (Wildman–Crippen MR) is 150 cm³/mol. The highest BCUT2D eigenvalue weighted by Gasteiger charge is 2.12. The van der Waals surface area contributed by atoms with E-state index in [1.807, 2.05) is 73.8 Å². The molecule has 2 N–H and O–H groups in total. The first kappa shape index (κ1) is 23.8. The second kappa shape index (κ2) is 10.4. The highest BCUT2D eigenvalue weighted by atomic mass is 32.2. The molecular formula is C25H20N4O2S4. The quantitative estimate of drug-likeness (QED) is 0.220. The van der Waals surface area contributed by atoms with Crippen molar-refractivity contribution in [3.8, 4) is 0 Å². The van der Waals surface area contributed by atoms with Gasteiger partial charge < -0.3 is 10.6 Å². The van der Waals surface area contributed by atoms with Crippen LogP contribution >= 0.6 is 46.2 Å². The lowest BCUT2D eigenvalue weighted by Crippen LogP contribution is -2.13. The van der Waals surface area contributed by atoms with Gasteiger partial charge in [-0.3, -0.25) is 9.59 Å². The van der Waals surface area contributed by atoms with Gasteiger partial charge in [0, 0.05) is 16.9 Å². The van der Waals surface area contributed by atoms with Gasteiger partial charge in [0.05, 0.1) is 26.2 Å². The molecule has 3 aromatic carbocycles. The minimum absolute atomic E-state index is 0.0885. The van der Waals surface area contributed by atoms with Crippen LogP contribution in [-0.2, 0) is 4.79 Å². The van der Waals surface area contributed by atoms with Crippen LogP contribution < -0.4 is 10.6 Å². The molecule has 0 aliphatic rings. The lowest BCUT2D eigenvalue weighted by Gasteiger charge is -2.07. The average molecular weight is 537 g/mol. The van der Waals surface area contributed by atoms with Gasteiger partial charge in [0.1, 0.15) is 0 Å². The smallest absolute Gasteiger partial charge is 0.255 e. The number of hydrogen-bond acceptors (Lipinski definition) is 8. The maximum absolute atomic E-state index is 12.6. The highest BCUT2D eigenvalue weighted by Crippen LogP contribution is 2.32. The summed E-state index contributed by atoms with van der Waals surface area (Å²) < 4.78 is 3.82. The van der Waals surface area contributed by atoms with Crippen molar-refractivity contribution < 1.29 is 9.59 Å². The molecule has 2 amide bonds. The molecular weight excluding hydrogens is 517 g/mol. The Kier molecular flexibility index (Phi) is 7.05. The highest BCUT2D eigenvalue weighted by molar-refractivity contribution is 8.01. The zero-order valence-corrected chi connectivity index (χ0v) is 22.1. The third kappa shape index (κ3) is 5.51. The van der Waals surface area contributed by atoms with E-state index in [-0.39, 0.29) is 17.6 Å². The molecule has 0 saturated carbocycles. The molecule has 0 atom stereocenters. The Morgan fingerprint density at radius 3 is 2.17 bits per heavy atom. The lowest BCUT2D eigenvalue weighted by atomic mass is 10.1. The largest absolute Gasteiger partial charge is 0.325 e. The standard InChI is InChI=1S/C25H20N4O2S4/c1-14-5-3-4-6-17(14)23(31)27-16-8-10-19-21(12-16)35-25(29-19)33-13-22(30)26-15-7-9-18-20(11-15)34-24(28-18)32-2/h3-12H,13H2,1-2H3,(H,26,30)(H,27,31). The Morgan fingerprint density at radius 1 is 0.857 bits per heavy atom. The van der Waals surface area contributed by atoms with Gasteiger partial charge in [-0.2, -0.15) is 0 Å². The van der Waals surface area contributed by atoms with E-state index in [1.165, 1.54) is 23.1 Å². The van der Waals surface area contributed by atoms with Gasteiger partial charge in [0.2, 0.25) is 5.91 Å². The second-order valence-corrected chi connectivity index (χ2v) is 12.0. The number of nitrogens with zero attached hydrogens (tertiary/aromatic N) is 2. The maximum Gasteiger partial charge on any atom is 0.255 e. The van der Waals surface area contributed by atoms with E-state index in [4.69, 9.17) is 0 Å². The summed E-state index contributed by atoms with van der Waals surface area (Å²) in [5.41, 5.74) is 4.84. The molecule has 0 saturated heterocycles. The number of anilines is 2. The van der Waals surface area contributed by atoms with Gasteiger partial charge >= 0.3 is 0 Å². The molecule has 0 radical (unpaired) electrons. The molecule has 10 heteroatoms. The van der Waals surface area contributed by atoms with Crippen molar-refractivity contribution >= 4 is 89.8 Å². The fraction of sp³-hybridized carbons (Fsp3) is 0.120. The van der Waals surface area contributed by atoms with E-state index >= 15 is 0 Å². The van der Waals surface area contributed by atoms with Gasteiger partial charge in [-0.15, -0.1) is 22.7 Å². The number of aryl methyl sites for hydroxylation is 1. The molecule has 5 rings (SSSR count). The number of rotatable bonds is 7. The molecule has 0 bridgehead atoms. The molecule has 6 nitrogen and oxygen atoms in total. The summed E-state index contributed by atoms with van der Waals surface area (Å²) in [5.74, 6) is 0.0295. The molecule has 0 spiro atoms. The Hall–Kier alpha value is -2.92. The van der Waals surface area contributed by atoms with Crippen molar-refractivity contribution in [2.45, 2.75) is 15.6 Å². The molecule has 0 unspecified atom stereocenters. The number of benzene rings is 3. The van der Waals surface area contributed by atoms with Gasteiger partial charge in [-0.1, -0.05) is 41.7 Å². The maximum atomic E-state index is 12.6. The van der Waals surface area contributed by atoms with Crippen molar-refractivity contribution in [1.82, 2.24) is 9.97 Å². The molecule has 0 aliphatic carbocycles. The van der Waals surface area contributed by atoms with E-state index < -0.39 is 0 Å². The van der Waals surface area contributed by atoms with Crippen LogP contribution in [0.1, 0.15) is 15.9 Å². The summed E-state index contributed by atoms with van der Waals surface area (Å²) in [5, 5.41) is 5.92. The number of carbonyl (C=O) groups excluding carboxylic acids is 2. The van der Waals surface area contributed by atoms with Crippen LogP contribution in [0.25, 0.3) is 20.4 Å². The van der Waals surface area contributed by atoms with E-state index in [2.05, 4.69) is 20.6 Å². The number of aromatic nitrogens is 2. The molecule has 35 heavy (non-hydrogen) atoms. The van der Waals surface area contributed by atoms with Crippen LogP contribution in [0, 0.1) is 6.92 Å². The Bertz CT molecular complexity index is 1560. The number of hydrogen-bond donors (Lipinski definition) is 2. The summed E-state index contributed by atoms with van der Waals surface area (Å²) in [6.45, 7) is 1.92. The second-order valence-electron chi connectivity index (χ2n) is 7.63. The van der Waals surface area contributed by atoms with Crippen molar-refractivity contribution in [2.24, 2.45) is 0 Å². The Morgan fingerprint density at radius 2 is 1.49 bits per heavy atom. The molecule has 5 aromatic rings. The van der Waals surface area contributed by atoms with Crippen molar-refractivity contribution in [3.05, 3.63) is 71.8 Å². The molecule has 0 fully saturated rings. The normalized spacial score (nSPS) is 11.1. The van der Waals surface area contributed by atoms with Crippen molar-refractivity contribution in [2.75, 3.05) is 22.6 Å². The number of fused-ring (bicyclic) bond motifs is 2. The third-order valence-electron chi connectivity index (χ3n) is 5.17. The Balaban J connectivity index is 1.21. The molecule has 2 heterocycles. The van der Waals surface area contributed by atoms with Crippen LogP contribution in [0.4, 0.5) is 11.4 Å². The van der Waals surface area contributed by atoms with E-state index in [9.17, 15) is 9.59 Å². The van der Waals surface area contributed by atoms with E-state index in [0.29, 0.717) is 11.3 Å². The van der Waals surface area contributed by atoms with Crippen molar-refractivity contribution in [3.63, 3.8) is 0 Å².